The molecule has 0 saturated heterocycles. The third-order valence-electron chi connectivity index (χ3n) is 4.19. The summed E-state index contributed by atoms with van der Waals surface area (Å²) in [5, 5.41) is 23.5. The number of ether oxygens (including phenoxy) is 1. The Morgan fingerprint density at radius 3 is 2.31 bits per heavy atom. The second-order valence-corrected chi connectivity index (χ2v) is 6.80. The molecule has 0 aliphatic carbocycles. The van der Waals surface area contributed by atoms with Gasteiger partial charge in [-0.3, -0.25) is 14.9 Å². The van der Waals surface area contributed by atoms with Crippen LogP contribution in [-0.4, -0.2) is 16.8 Å². The van der Waals surface area contributed by atoms with E-state index in [2.05, 4.69) is 5.32 Å². The molecule has 1 N–H and O–H groups in total. The van der Waals surface area contributed by atoms with Crippen LogP contribution in [0.25, 0.3) is 6.08 Å². The van der Waals surface area contributed by atoms with Crippen molar-refractivity contribution < 1.29 is 19.2 Å². The summed E-state index contributed by atoms with van der Waals surface area (Å²) < 4.78 is 5.19. The molecular formula is C23H14ClN3O5. The minimum atomic E-state index is -0.874. The van der Waals surface area contributed by atoms with Crippen LogP contribution >= 0.6 is 11.6 Å². The van der Waals surface area contributed by atoms with E-state index in [-0.39, 0.29) is 22.6 Å². The summed E-state index contributed by atoms with van der Waals surface area (Å²) in [4.78, 5) is 35.0. The molecule has 32 heavy (non-hydrogen) atoms. The number of rotatable bonds is 6. The van der Waals surface area contributed by atoms with Gasteiger partial charge in [-0.2, -0.15) is 5.26 Å². The van der Waals surface area contributed by atoms with Crippen LogP contribution in [0, 0.1) is 21.4 Å². The molecule has 3 aromatic carbocycles. The molecule has 0 atom stereocenters. The molecule has 0 aromatic heterocycles. The Kier molecular flexibility index (Phi) is 6.95. The zero-order chi connectivity index (χ0) is 23.1. The second-order valence-electron chi connectivity index (χ2n) is 6.36. The Bertz CT molecular complexity index is 1250. The molecule has 0 aliphatic heterocycles. The number of nitrogens with zero attached hydrogens (tertiary/aromatic N) is 2. The molecule has 0 unspecified atom stereocenters. The van der Waals surface area contributed by atoms with E-state index in [9.17, 15) is 25.0 Å². The molecule has 158 valence electrons. The highest BCUT2D eigenvalue weighted by Crippen LogP contribution is 2.22. The zero-order valence-electron chi connectivity index (χ0n) is 16.3. The molecule has 8 nitrogen and oxygen atoms in total. The number of carbonyl (C=O) groups is 2. The molecule has 9 heteroatoms. The molecule has 0 saturated carbocycles. The second kappa shape index (κ2) is 10.0. The van der Waals surface area contributed by atoms with Crippen molar-refractivity contribution in [3.8, 4) is 11.8 Å². The van der Waals surface area contributed by atoms with Crippen molar-refractivity contribution in [3.05, 3.63) is 105 Å². The van der Waals surface area contributed by atoms with E-state index >= 15 is 0 Å². The number of nitrogens with one attached hydrogen (secondary N) is 1. The fourth-order valence-electron chi connectivity index (χ4n) is 2.65. The van der Waals surface area contributed by atoms with Crippen molar-refractivity contribution in [2.45, 2.75) is 0 Å². The number of halogens is 1. The molecular weight excluding hydrogens is 434 g/mol. The Balaban J connectivity index is 1.71. The monoisotopic (exact) mass is 447 g/mol. The summed E-state index contributed by atoms with van der Waals surface area (Å²) in [6.45, 7) is 0. The third-order valence-corrected chi connectivity index (χ3v) is 4.44. The van der Waals surface area contributed by atoms with Gasteiger partial charge in [-0.1, -0.05) is 35.9 Å². The van der Waals surface area contributed by atoms with Crippen LogP contribution in [0.5, 0.6) is 5.75 Å². The number of anilines is 1. The van der Waals surface area contributed by atoms with Crippen LogP contribution < -0.4 is 10.1 Å². The summed E-state index contributed by atoms with van der Waals surface area (Å²) in [5.41, 5.74) is 0.329. The van der Waals surface area contributed by atoms with Gasteiger partial charge in [-0.25, -0.2) is 4.79 Å². The first kappa shape index (κ1) is 22.2. The first-order valence-corrected chi connectivity index (χ1v) is 9.49. The van der Waals surface area contributed by atoms with Gasteiger partial charge in [0.1, 0.15) is 23.0 Å². The van der Waals surface area contributed by atoms with Crippen LogP contribution in [0.15, 0.2) is 78.4 Å². The van der Waals surface area contributed by atoms with Crippen LogP contribution in [0.1, 0.15) is 15.9 Å². The van der Waals surface area contributed by atoms with Crippen molar-refractivity contribution >= 4 is 40.9 Å². The Morgan fingerprint density at radius 1 is 1.03 bits per heavy atom. The number of hydrogen-bond donors (Lipinski definition) is 1. The number of nitro groups is 1. The van der Waals surface area contributed by atoms with Gasteiger partial charge < -0.3 is 10.1 Å². The quantitative estimate of drug-likeness (QED) is 0.141. The Morgan fingerprint density at radius 2 is 1.69 bits per heavy atom. The lowest BCUT2D eigenvalue weighted by Gasteiger charge is -2.06. The van der Waals surface area contributed by atoms with E-state index in [0.29, 0.717) is 16.3 Å². The molecule has 0 aliphatic rings. The van der Waals surface area contributed by atoms with Crippen LogP contribution in [-0.2, 0) is 4.79 Å². The predicted molar refractivity (Wildman–Crippen MR) is 118 cm³/mol. The van der Waals surface area contributed by atoms with E-state index in [1.54, 1.807) is 24.3 Å². The number of hydrogen-bond acceptors (Lipinski definition) is 6. The van der Waals surface area contributed by atoms with Crippen LogP contribution in [0.4, 0.5) is 11.4 Å². The van der Waals surface area contributed by atoms with Gasteiger partial charge in [-0.15, -0.1) is 0 Å². The van der Waals surface area contributed by atoms with Crippen LogP contribution in [0.2, 0.25) is 5.02 Å². The fraction of sp³-hybridized carbons (Fsp3) is 0. The summed E-state index contributed by atoms with van der Waals surface area (Å²) in [6, 6.07) is 19.7. The fourth-order valence-corrected chi connectivity index (χ4v) is 2.77. The standard InChI is InChI=1S/C23H14ClN3O5/c24-17-7-9-18(10-8-17)26-22(28)16(14-25)13-15-5-11-19(12-6-15)32-23(29)20-3-1-2-4-21(20)27(30)31/h1-13H,(H,26,28)/b16-13-. The Hall–Kier alpha value is -4.48. The van der Waals surface area contributed by atoms with E-state index in [1.165, 1.54) is 54.6 Å². The number of benzene rings is 3. The molecule has 0 heterocycles. The largest absolute Gasteiger partial charge is 0.423 e. The maximum Gasteiger partial charge on any atom is 0.350 e. The van der Waals surface area contributed by atoms with Crippen molar-refractivity contribution in [1.82, 2.24) is 0 Å². The minimum absolute atomic E-state index is 0.135. The molecule has 0 fully saturated rings. The maximum absolute atomic E-state index is 12.3. The highest BCUT2D eigenvalue weighted by Gasteiger charge is 2.21. The van der Waals surface area contributed by atoms with Crippen molar-refractivity contribution in [3.63, 3.8) is 0 Å². The van der Waals surface area contributed by atoms with Gasteiger partial charge in [0.05, 0.1) is 4.92 Å². The normalized spacial score (nSPS) is 10.7. The molecule has 3 aromatic rings. The molecule has 0 radical (unpaired) electrons. The summed E-state index contributed by atoms with van der Waals surface area (Å²) in [7, 11) is 0. The number of nitriles is 1. The number of amides is 1. The average Bonchev–Trinajstić information content (AvgIpc) is 2.79. The van der Waals surface area contributed by atoms with Gasteiger partial charge in [0.15, 0.2) is 0 Å². The Labute approximate surface area is 187 Å². The highest BCUT2D eigenvalue weighted by molar-refractivity contribution is 6.30. The van der Waals surface area contributed by atoms with Gasteiger partial charge in [-0.05, 0) is 54.1 Å². The first-order valence-electron chi connectivity index (χ1n) is 9.12. The predicted octanol–water partition coefficient (Wildman–Crippen LogP) is 5.01. The summed E-state index contributed by atoms with van der Waals surface area (Å²) in [5.74, 6) is -1.32. The van der Waals surface area contributed by atoms with Gasteiger partial charge in [0.2, 0.25) is 0 Å². The van der Waals surface area contributed by atoms with E-state index in [4.69, 9.17) is 16.3 Å². The van der Waals surface area contributed by atoms with E-state index in [1.807, 2.05) is 6.07 Å². The van der Waals surface area contributed by atoms with Gasteiger partial charge in [0, 0.05) is 16.8 Å². The molecule has 1 amide bonds. The van der Waals surface area contributed by atoms with Crippen molar-refractivity contribution in [1.29, 1.82) is 5.26 Å². The molecule has 3 rings (SSSR count). The highest BCUT2D eigenvalue weighted by atomic mass is 35.5. The number of esters is 1. The number of carbonyl (C=O) groups excluding carboxylic acids is 2. The van der Waals surface area contributed by atoms with Gasteiger partial charge in [0.25, 0.3) is 11.6 Å². The molecule has 0 bridgehead atoms. The zero-order valence-corrected chi connectivity index (χ0v) is 17.1. The number of para-hydroxylation sites is 1. The smallest absolute Gasteiger partial charge is 0.350 e. The maximum atomic E-state index is 12.3. The average molecular weight is 448 g/mol. The van der Waals surface area contributed by atoms with Gasteiger partial charge >= 0.3 is 5.97 Å². The van der Waals surface area contributed by atoms with Crippen molar-refractivity contribution in [2.75, 3.05) is 5.32 Å². The summed E-state index contributed by atoms with van der Waals surface area (Å²) >= 11 is 5.81. The summed E-state index contributed by atoms with van der Waals surface area (Å²) in [6.07, 6.45) is 1.37. The lowest BCUT2D eigenvalue weighted by Crippen LogP contribution is -2.13. The topological polar surface area (TPSA) is 122 Å². The van der Waals surface area contributed by atoms with E-state index < -0.39 is 16.8 Å². The minimum Gasteiger partial charge on any atom is -0.423 e. The third kappa shape index (κ3) is 5.56. The SMILES string of the molecule is N#C/C(=C/c1ccc(OC(=O)c2ccccc2[N+](=O)[O-])cc1)C(=O)Nc1ccc(Cl)cc1. The van der Waals surface area contributed by atoms with E-state index in [0.717, 1.165) is 0 Å². The molecule has 0 spiro atoms. The lowest BCUT2D eigenvalue weighted by atomic mass is 10.1. The lowest BCUT2D eigenvalue weighted by molar-refractivity contribution is -0.385. The van der Waals surface area contributed by atoms with Crippen molar-refractivity contribution in [2.24, 2.45) is 0 Å². The first-order chi connectivity index (χ1) is 15.4. The van der Waals surface area contributed by atoms with Crippen LogP contribution in [0.3, 0.4) is 0 Å². The number of nitro benzene ring substituents is 1.